The van der Waals surface area contributed by atoms with E-state index in [2.05, 4.69) is 21.2 Å². The Morgan fingerprint density at radius 3 is 2.71 bits per heavy atom. The molecule has 2 amide bonds. The van der Waals surface area contributed by atoms with E-state index < -0.39 is 5.54 Å². The molecule has 1 saturated heterocycles. The Balaban J connectivity index is 1.88. The largest absolute Gasteiger partial charge is 0.342 e. The van der Waals surface area contributed by atoms with Gasteiger partial charge in [-0.2, -0.15) is 0 Å². The molecule has 2 unspecified atom stereocenters. The Kier molecular flexibility index (Phi) is 3.86. The van der Waals surface area contributed by atoms with E-state index in [1.807, 2.05) is 30.9 Å². The summed E-state index contributed by atoms with van der Waals surface area (Å²) in [4.78, 5) is 28.1. The maximum atomic E-state index is 13.0. The van der Waals surface area contributed by atoms with Gasteiger partial charge in [0, 0.05) is 17.3 Å². The fourth-order valence-electron chi connectivity index (χ4n) is 3.04. The fraction of sp³-hybridized carbons (Fsp3) is 0.600. The van der Waals surface area contributed by atoms with Crippen molar-refractivity contribution < 1.29 is 9.59 Å². The van der Waals surface area contributed by atoms with Gasteiger partial charge >= 0.3 is 0 Å². The number of rotatable bonds is 3. The minimum Gasteiger partial charge on any atom is -0.342 e. The van der Waals surface area contributed by atoms with Gasteiger partial charge in [0.05, 0.1) is 10.3 Å². The van der Waals surface area contributed by atoms with Crippen LogP contribution in [0.5, 0.6) is 0 Å². The molecule has 6 heteroatoms. The van der Waals surface area contributed by atoms with Crippen LogP contribution in [0.3, 0.4) is 0 Å². The van der Waals surface area contributed by atoms with E-state index in [0.717, 1.165) is 21.5 Å². The Morgan fingerprint density at radius 2 is 2.14 bits per heavy atom. The highest BCUT2D eigenvalue weighted by molar-refractivity contribution is 9.11. The quantitative estimate of drug-likeness (QED) is 0.888. The summed E-state index contributed by atoms with van der Waals surface area (Å²) in [5.41, 5.74) is -0.726. The third kappa shape index (κ3) is 2.88. The van der Waals surface area contributed by atoms with Crippen LogP contribution >= 0.6 is 27.3 Å². The first-order valence-corrected chi connectivity index (χ1v) is 8.87. The summed E-state index contributed by atoms with van der Waals surface area (Å²) in [6.07, 6.45) is 2.42. The second-order valence-corrected chi connectivity index (χ2v) is 8.76. The average molecular weight is 371 g/mol. The van der Waals surface area contributed by atoms with Gasteiger partial charge in [-0.05, 0) is 60.7 Å². The summed E-state index contributed by atoms with van der Waals surface area (Å²) in [5.74, 6) is 0.338. The minimum absolute atomic E-state index is 0.0138. The van der Waals surface area contributed by atoms with E-state index in [0.29, 0.717) is 13.0 Å². The number of nitrogens with zero attached hydrogens (tertiary/aromatic N) is 1. The monoisotopic (exact) mass is 370 g/mol. The molecule has 1 aromatic rings. The molecule has 2 fully saturated rings. The first-order chi connectivity index (χ1) is 9.90. The molecular formula is C15H19BrN2O2S. The smallest absolute Gasteiger partial charge is 0.248 e. The summed E-state index contributed by atoms with van der Waals surface area (Å²) >= 11 is 5.09. The summed E-state index contributed by atoms with van der Waals surface area (Å²) in [5, 5.41) is 2.98. The maximum Gasteiger partial charge on any atom is 0.248 e. The fourth-order valence-corrected chi connectivity index (χ4v) is 4.52. The van der Waals surface area contributed by atoms with Gasteiger partial charge in [-0.15, -0.1) is 11.3 Å². The number of amides is 2. The van der Waals surface area contributed by atoms with Crippen molar-refractivity contribution in [3.05, 3.63) is 20.8 Å². The molecule has 0 aromatic carbocycles. The molecule has 1 saturated carbocycles. The molecule has 21 heavy (non-hydrogen) atoms. The molecule has 4 nitrogen and oxygen atoms in total. The highest BCUT2D eigenvalue weighted by atomic mass is 79.9. The predicted molar refractivity (Wildman–Crippen MR) is 85.9 cm³/mol. The number of halogens is 1. The lowest BCUT2D eigenvalue weighted by Gasteiger charge is -2.34. The molecule has 3 rings (SSSR count). The average Bonchev–Trinajstić information content (AvgIpc) is 3.19. The van der Waals surface area contributed by atoms with Crippen LogP contribution in [0.2, 0.25) is 0 Å². The number of carbonyl (C=O) groups excluding carboxylic acids is 2. The standard InChI is InChI=1S/C15H19BrN2O2S/c1-9-7-13(19)17-15(2,10-3-4-10)14(20)18(9)8-11-5-6-12(16)21-11/h5-6,9-10H,3-4,7-8H2,1-2H3,(H,17,19). The summed E-state index contributed by atoms with van der Waals surface area (Å²) in [6, 6.07) is 3.96. The van der Waals surface area contributed by atoms with E-state index in [-0.39, 0.29) is 23.8 Å². The van der Waals surface area contributed by atoms with Crippen LogP contribution in [0.4, 0.5) is 0 Å². The SMILES string of the molecule is CC1CC(=O)NC(C)(C2CC2)C(=O)N1Cc1ccc(Br)s1. The molecule has 1 aliphatic heterocycles. The third-order valence-electron chi connectivity index (χ3n) is 4.47. The topological polar surface area (TPSA) is 49.4 Å². The lowest BCUT2D eigenvalue weighted by Crippen LogP contribution is -2.57. The van der Waals surface area contributed by atoms with Crippen molar-refractivity contribution in [2.75, 3.05) is 0 Å². The van der Waals surface area contributed by atoms with E-state index in [9.17, 15) is 9.59 Å². The number of thiophene rings is 1. The second kappa shape index (κ2) is 5.39. The molecule has 2 heterocycles. The van der Waals surface area contributed by atoms with Gasteiger partial charge in [-0.25, -0.2) is 0 Å². The number of hydrogen-bond donors (Lipinski definition) is 1. The number of nitrogens with one attached hydrogen (secondary N) is 1. The zero-order chi connectivity index (χ0) is 15.2. The first kappa shape index (κ1) is 15.0. The zero-order valence-corrected chi connectivity index (χ0v) is 14.6. The molecule has 0 radical (unpaired) electrons. The van der Waals surface area contributed by atoms with Gasteiger partial charge in [0.2, 0.25) is 11.8 Å². The molecule has 1 aliphatic carbocycles. The second-order valence-electron chi connectivity index (χ2n) is 6.22. The molecule has 114 valence electrons. The van der Waals surface area contributed by atoms with Gasteiger partial charge in [0.1, 0.15) is 5.54 Å². The van der Waals surface area contributed by atoms with E-state index >= 15 is 0 Å². The molecule has 0 bridgehead atoms. The molecule has 2 aliphatic rings. The van der Waals surface area contributed by atoms with Crippen molar-refractivity contribution in [1.82, 2.24) is 10.2 Å². The highest BCUT2D eigenvalue weighted by Gasteiger charge is 2.52. The van der Waals surface area contributed by atoms with E-state index in [1.165, 1.54) is 0 Å². The Hall–Kier alpha value is -0.880. The molecule has 1 aromatic heterocycles. The summed E-state index contributed by atoms with van der Waals surface area (Å²) < 4.78 is 1.06. The van der Waals surface area contributed by atoms with Crippen LogP contribution in [-0.4, -0.2) is 28.3 Å². The molecule has 1 N–H and O–H groups in total. The van der Waals surface area contributed by atoms with Crippen LogP contribution in [0.25, 0.3) is 0 Å². The van der Waals surface area contributed by atoms with Crippen molar-refractivity contribution in [3.8, 4) is 0 Å². The third-order valence-corrected chi connectivity index (χ3v) is 6.07. The molecular weight excluding hydrogens is 352 g/mol. The van der Waals surface area contributed by atoms with Gasteiger partial charge in [0.25, 0.3) is 0 Å². The lowest BCUT2D eigenvalue weighted by molar-refractivity contribution is -0.140. The van der Waals surface area contributed by atoms with Crippen molar-refractivity contribution >= 4 is 39.1 Å². The molecule has 2 atom stereocenters. The van der Waals surface area contributed by atoms with Gasteiger partial charge < -0.3 is 10.2 Å². The van der Waals surface area contributed by atoms with E-state index in [1.54, 1.807) is 11.3 Å². The normalized spacial score (nSPS) is 30.2. The number of carbonyl (C=O) groups is 2. The van der Waals surface area contributed by atoms with Crippen LogP contribution in [0, 0.1) is 5.92 Å². The van der Waals surface area contributed by atoms with E-state index in [4.69, 9.17) is 0 Å². The van der Waals surface area contributed by atoms with Gasteiger partial charge in [-0.3, -0.25) is 9.59 Å². The Bertz CT molecular complexity index is 584. The lowest BCUT2D eigenvalue weighted by atomic mass is 9.94. The summed E-state index contributed by atoms with van der Waals surface area (Å²) in [6.45, 7) is 4.42. The zero-order valence-electron chi connectivity index (χ0n) is 12.2. The first-order valence-electron chi connectivity index (χ1n) is 7.26. The Morgan fingerprint density at radius 1 is 1.43 bits per heavy atom. The molecule has 0 spiro atoms. The Labute approximate surface area is 137 Å². The predicted octanol–water partition coefficient (Wildman–Crippen LogP) is 2.92. The van der Waals surface area contributed by atoms with Crippen LogP contribution in [0.15, 0.2) is 15.9 Å². The van der Waals surface area contributed by atoms with Crippen LogP contribution < -0.4 is 5.32 Å². The van der Waals surface area contributed by atoms with Crippen LogP contribution in [0.1, 0.15) is 38.0 Å². The van der Waals surface area contributed by atoms with Crippen molar-refractivity contribution in [2.24, 2.45) is 5.92 Å². The van der Waals surface area contributed by atoms with Crippen molar-refractivity contribution in [2.45, 2.75) is 51.2 Å². The van der Waals surface area contributed by atoms with Gasteiger partial charge in [-0.1, -0.05) is 0 Å². The van der Waals surface area contributed by atoms with Crippen LogP contribution in [-0.2, 0) is 16.1 Å². The van der Waals surface area contributed by atoms with Crippen molar-refractivity contribution in [1.29, 1.82) is 0 Å². The summed E-state index contributed by atoms with van der Waals surface area (Å²) in [7, 11) is 0. The van der Waals surface area contributed by atoms with Crippen molar-refractivity contribution in [3.63, 3.8) is 0 Å². The maximum absolute atomic E-state index is 13.0. The number of hydrogen-bond acceptors (Lipinski definition) is 3. The minimum atomic E-state index is -0.726. The van der Waals surface area contributed by atoms with Gasteiger partial charge in [0.15, 0.2) is 0 Å². The highest BCUT2D eigenvalue weighted by Crippen LogP contribution is 2.42.